The molecular formula is C15H20BrN5. The van der Waals surface area contributed by atoms with E-state index in [1.807, 2.05) is 42.9 Å². The molecule has 0 saturated heterocycles. The highest BCUT2D eigenvalue weighted by Crippen LogP contribution is 2.24. The van der Waals surface area contributed by atoms with Crippen molar-refractivity contribution in [3.63, 3.8) is 0 Å². The summed E-state index contributed by atoms with van der Waals surface area (Å²) in [5.74, 6) is 0.0895. The Kier molecular flexibility index (Phi) is 4.67. The summed E-state index contributed by atoms with van der Waals surface area (Å²) < 4.78 is 3.08. The van der Waals surface area contributed by atoms with E-state index in [0.717, 1.165) is 40.2 Å². The zero-order valence-electron chi connectivity index (χ0n) is 12.5. The van der Waals surface area contributed by atoms with Crippen LogP contribution in [0.25, 0.3) is 0 Å². The quantitative estimate of drug-likeness (QED) is 0.643. The third kappa shape index (κ3) is 3.26. The SMILES string of the molecule is CCn1nc(C)c(Br)c1CN(C)c1ccc(C(=N)N)cc1. The van der Waals surface area contributed by atoms with Crippen LogP contribution >= 0.6 is 15.9 Å². The van der Waals surface area contributed by atoms with Gasteiger partial charge in [0.05, 0.1) is 22.4 Å². The second-order valence-corrected chi connectivity index (χ2v) is 5.77. The van der Waals surface area contributed by atoms with E-state index < -0.39 is 0 Å². The van der Waals surface area contributed by atoms with Gasteiger partial charge in [-0.1, -0.05) is 0 Å². The lowest BCUT2D eigenvalue weighted by atomic mass is 10.2. The molecule has 0 aliphatic carbocycles. The van der Waals surface area contributed by atoms with Crippen LogP contribution in [-0.4, -0.2) is 22.7 Å². The van der Waals surface area contributed by atoms with Crippen LogP contribution in [0.1, 0.15) is 23.9 Å². The van der Waals surface area contributed by atoms with Gasteiger partial charge in [-0.15, -0.1) is 0 Å². The van der Waals surface area contributed by atoms with Crippen molar-refractivity contribution >= 4 is 27.5 Å². The number of aromatic nitrogens is 2. The lowest BCUT2D eigenvalue weighted by molar-refractivity contribution is 0.612. The Balaban J connectivity index is 2.21. The minimum Gasteiger partial charge on any atom is -0.384 e. The molecule has 0 amide bonds. The van der Waals surface area contributed by atoms with E-state index in [-0.39, 0.29) is 5.84 Å². The zero-order chi connectivity index (χ0) is 15.6. The Morgan fingerprint density at radius 2 is 2.00 bits per heavy atom. The number of rotatable bonds is 5. The molecule has 0 radical (unpaired) electrons. The summed E-state index contributed by atoms with van der Waals surface area (Å²) in [6.45, 7) is 5.69. The fourth-order valence-electron chi connectivity index (χ4n) is 2.23. The van der Waals surface area contributed by atoms with E-state index in [1.165, 1.54) is 0 Å². The highest BCUT2D eigenvalue weighted by molar-refractivity contribution is 9.10. The first kappa shape index (κ1) is 15.6. The molecule has 0 aliphatic heterocycles. The second kappa shape index (κ2) is 6.30. The Hall–Kier alpha value is -1.82. The van der Waals surface area contributed by atoms with Crippen molar-refractivity contribution in [2.45, 2.75) is 26.9 Å². The molecule has 1 heterocycles. The topological polar surface area (TPSA) is 70.9 Å². The molecule has 1 aromatic carbocycles. The second-order valence-electron chi connectivity index (χ2n) is 4.98. The fourth-order valence-corrected chi connectivity index (χ4v) is 2.64. The van der Waals surface area contributed by atoms with Crippen molar-refractivity contribution in [2.24, 2.45) is 5.73 Å². The van der Waals surface area contributed by atoms with Gasteiger partial charge in [-0.05, 0) is 54.0 Å². The first-order chi connectivity index (χ1) is 9.93. The van der Waals surface area contributed by atoms with Gasteiger partial charge < -0.3 is 10.6 Å². The predicted molar refractivity (Wildman–Crippen MR) is 89.9 cm³/mol. The molecule has 0 atom stereocenters. The maximum absolute atomic E-state index is 7.42. The molecule has 0 saturated carbocycles. The smallest absolute Gasteiger partial charge is 0.122 e. The van der Waals surface area contributed by atoms with Crippen molar-refractivity contribution in [3.05, 3.63) is 45.7 Å². The molecule has 3 N–H and O–H groups in total. The molecule has 2 aromatic rings. The zero-order valence-corrected chi connectivity index (χ0v) is 14.1. The van der Waals surface area contributed by atoms with Crippen LogP contribution in [0.15, 0.2) is 28.7 Å². The summed E-state index contributed by atoms with van der Waals surface area (Å²) in [7, 11) is 2.04. The number of nitrogens with one attached hydrogen (secondary N) is 1. The predicted octanol–water partition coefficient (Wildman–Crippen LogP) is 2.89. The standard InChI is InChI=1S/C15H20BrN5/c1-4-21-13(14(16)10(2)19-21)9-20(3)12-7-5-11(6-8-12)15(17)18/h5-8H,4,9H2,1-3H3,(H3,17,18). The van der Waals surface area contributed by atoms with Crippen molar-refractivity contribution in [1.82, 2.24) is 9.78 Å². The normalized spacial score (nSPS) is 10.7. The molecule has 21 heavy (non-hydrogen) atoms. The molecule has 2 rings (SSSR count). The number of anilines is 1. The number of amidine groups is 1. The molecule has 6 heteroatoms. The lowest BCUT2D eigenvalue weighted by Crippen LogP contribution is -2.20. The molecule has 112 valence electrons. The number of hydrogen-bond acceptors (Lipinski definition) is 3. The van der Waals surface area contributed by atoms with Crippen molar-refractivity contribution < 1.29 is 0 Å². The summed E-state index contributed by atoms with van der Waals surface area (Å²) >= 11 is 3.62. The monoisotopic (exact) mass is 349 g/mol. The van der Waals surface area contributed by atoms with E-state index in [1.54, 1.807) is 0 Å². The Morgan fingerprint density at radius 3 is 2.52 bits per heavy atom. The van der Waals surface area contributed by atoms with Crippen molar-refractivity contribution in [2.75, 3.05) is 11.9 Å². The molecule has 5 nitrogen and oxygen atoms in total. The Bertz CT molecular complexity index is 645. The van der Waals surface area contributed by atoms with Gasteiger partial charge in [-0.25, -0.2) is 0 Å². The third-order valence-electron chi connectivity index (χ3n) is 3.46. The number of halogens is 1. The first-order valence-electron chi connectivity index (χ1n) is 6.81. The first-order valence-corrected chi connectivity index (χ1v) is 7.60. The Labute approximate surface area is 133 Å². The molecule has 0 aliphatic rings. The van der Waals surface area contributed by atoms with Crippen LogP contribution in [0.5, 0.6) is 0 Å². The lowest BCUT2D eigenvalue weighted by Gasteiger charge is -2.20. The number of hydrogen-bond donors (Lipinski definition) is 2. The van der Waals surface area contributed by atoms with Gasteiger partial charge in [0.25, 0.3) is 0 Å². The van der Waals surface area contributed by atoms with Gasteiger partial charge in [-0.2, -0.15) is 5.10 Å². The van der Waals surface area contributed by atoms with E-state index in [0.29, 0.717) is 0 Å². The fraction of sp³-hybridized carbons (Fsp3) is 0.333. The minimum absolute atomic E-state index is 0.0895. The number of nitrogens with two attached hydrogens (primary N) is 1. The number of nitrogen functional groups attached to an aromatic ring is 1. The van der Waals surface area contributed by atoms with Gasteiger partial charge in [0.1, 0.15) is 5.84 Å². The van der Waals surface area contributed by atoms with E-state index in [2.05, 4.69) is 32.9 Å². The number of aryl methyl sites for hydroxylation is 2. The van der Waals surface area contributed by atoms with Crippen LogP contribution in [0.3, 0.4) is 0 Å². The van der Waals surface area contributed by atoms with Crippen molar-refractivity contribution in [1.29, 1.82) is 5.41 Å². The Morgan fingerprint density at radius 1 is 1.38 bits per heavy atom. The minimum atomic E-state index is 0.0895. The van der Waals surface area contributed by atoms with Crippen LogP contribution in [-0.2, 0) is 13.1 Å². The van der Waals surface area contributed by atoms with Gasteiger partial charge >= 0.3 is 0 Å². The van der Waals surface area contributed by atoms with Crippen molar-refractivity contribution in [3.8, 4) is 0 Å². The third-order valence-corrected chi connectivity index (χ3v) is 4.49. The van der Waals surface area contributed by atoms with Gasteiger partial charge in [-0.3, -0.25) is 10.1 Å². The highest BCUT2D eigenvalue weighted by Gasteiger charge is 2.14. The summed E-state index contributed by atoms with van der Waals surface area (Å²) in [6, 6.07) is 7.69. The number of benzene rings is 1. The summed E-state index contributed by atoms with van der Waals surface area (Å²) in [4.78, 5) is 2.15. The van der Waals surface area contributed by atoms with Gasteiger partial charge in [0.15, 0.2) is 0 Å². The van der Waals surface area contributed by atoms with Crippen LogP contribution < -0.4 is 10.6 Å². The molecule has 0 fully saturated rings. The number of nitrogens with zero attached hydrogens (tertiary/aromatic N) is 3. The van der Waals surface area contributed by atoms with Crippen LogP contribution in [0, 0.1) is 12.3 Å². The summed E-state index contributed by atoms with van der Waals surface area (Å²) in [6.07, 6.45) is 0. The average molecular weight is 350 g/mol. The summed E-state index contributed by atoms with van der Waals surface area (Å²) in [5, 5.41) is 11.9. The van der Waals surface area contributed by atoms with E-state index in [9.17, 15) is 0 Å². The van der Waals surface area contributed by atoms with Crippen LogP contribution in [0.4, 0.5) is 5.69 Å². The molecule has 0 unspecified atom stereocenters. The maximum atomic E-state index is 7.42. The molecular weight excluding hydrogens is 330 g/mol. The van der Waals surface area contributed by atoms with Gasteiger partial charge in [0, 0.05) is 24.8 Å². The largest absolute Gasteiger partial charge is 0.384 e. The average Bonchev–Trinajstić information content (AvgIpc) is 2.75. The summed E-state index contributed by atoms with van der Waals surface area (Å²) in [5.41, 5.74) is 9.46. The van der Waals surface area contributed by atoms with E-state index in [4.69, 9.17) is 11.1 Å². The molecule has 0 bridgehead atoms. The maximum Gasteiger partial charge on any atom is 0.122 e. The molecule has 0 spiro atoms. The molecule has 1 aromatic heterocycles. The highest BCUT2D eigenvalue weighted by atomic mass is 79.9. The van der Waals surface area contributed by atoms with Crippen LogP contribution in [0.2, 0.25) is 0 Å². The van der Waals surface area contributed by atoms with Gasteiger partial charge in [0.2, 0.25) is 0 Å². The van der Waals surface area contributed by atoms with E-state index >= 15 is 0 Å².